The third kappa shape index (κ3) is 4.37. The van der Waals surface area contributed by atoms with Crippen molar-refractivity contribution in [2.45, 2.75) is 0 Å². The van der Waals surface area contributed by atoms with Crippen molar-refractivity contribution in [3.63, 3.8) is 0 Å². The van der Waals surface area contributed by atoms with Crippen molar-refractivity contribution in [2.75, 3.05) is 21.3 Å². The van der Waals surface area contributed by atoms with Gasteiger partial charge in [-0.15, -0.1) is 0 Å². The van der Waals surface area contributed by atoms with Crippen LogP contribution in [0.5, 0.6) is 17.2 Å². The Hall–Kier alpha value is -2.64. The molecule has 0 bridgehead atoms. The van der Waals surface area contributed by atoms with Gasteiger partial charge in [-0.3, -0.25) is 4.79 Å². The molecular formula is C19H17ClN2O4S. The molecule has 0 spiro atoms. The third-order valence-corrected chi connectivity index (χ3v) is 4.85. The Kier molecular flexibility index (Phi) is 5.93. The lowest BCUT2D eigenvalue weighted by Gasteiger charge is -2.12. The Labute approximate surface area is 166 Å². The van der Waals surface area contributed by atoms with Crippen molar-refractivity contribution in [3.05, 3.63) is 51.9 Å². The molecule has 1 amide bonds. The number of aliphatic imine (C=N–C) groups is 1. The van der Waals surface area contributed by atoms with Gasteiger partial charge in [0.15, 0.2) is 16.7 Å². The molecule has 27 heavy (non-hydrogen) atoms. The fraction of sp³-hybridized carbons (Fsp3) is 0.158. The first-order valence-corrected chi connectivity index (χ1v) is 9.08. The number of ether oxygens (including phenoxy) is 3. The Morgan fingerprint density at radius 1 is 1.04 bits per heavy atom. The largest absolute Gasteiger partial charge is 0.493 e. The summed E-state index contributed by atoms with van der Waals surface area (Å²) in [6.07, 6.45) is 1.74. The zero-order chi connectivity index (χ0) is 19.4. The summed E-state index contributed by atoms with van der Waals surface area (Å²) in [5.74, 6) is 1.31. The number of nitrogens with zero attached hydrogens (tertiary/aromatic N) is 1. The predicted octanol–water partition coefficient (Wildman–Crippen LogP) is 4.26. The van der Waals surface area contributed by atoms with Crippen LogP contribution in [0, 0.1) is 0 Å². The standard InChI is InChI=1S/C19H17ClN2O4S/c1-24-14-8-11(9-15(25-2)17(14)26-3)10-16-18(23)22-19(27-16)21-13-6-4-12(20)5-7-13/h4-10H,1-3H3,(H,21,22,23). The predicted molar refractivity (Wildman–Crippen MR) is 108 cm³/mol. The number of amidine groups is 1. The molecule has 6 nitrogen and oxygen atoms in total. The van der Waals surface area contributed by atoms with Crippen molar-refractivity contribution in [1.82, 2.24) is 5.32 Å². The van der Waals surface area contributed by atoms with Crippen LogP contribution in [0.4, 0.5) is 5.69 Å². The highest BCUT2D eigenvalue weighted by atomic mass is 35.5. The minimum atomic E-state index is -0.221. The fourth-order valence-corrected chi connectivity index (χ4v) is 3.42. The molecule has 0 saturated carbocycles. The minimum absolute atomic E-state index is 0.221. The van der Waals surface area contributed by atoms with Crippen LogP contribution in [0.1, 0.15) is 5.56 Å². The van der Waals surface area contributed by atoms with Gasteiger partial charge < -0.3 is 19.5 Å². The van der Waals surface area contributed by atoms with E-state index in [1.807, 2.05) is 0 Å². The van der Waals surface area contributed by atoms with E-state index in [0.717, 1.165) is 5.56 Å². The highest BCUT2D eigenvalue weighted by molar-refractivity contribution is 8.18. The van der Waals surface area contributed by atoms with Crippen LogP contribution in [0.25, 0.3) is 6.08 Å². The Bertz CT molecular complexity index is 901. The number of benzene rings is 2. The van der Waals surface area contributed by atoms with E-state index in [2.05, 4.69) is 10.3 Å². The van der Waals surface area contributed by atoms with Gasteiger partial charge >= 0.3 is 0 Å². The average molecular weight is 405 g/mol. The second-order valence-corrected chi connectivity index (χ2v) is 6.88. The lowest BCUT2D eigenvalue weighted by atomic mass is 10.1. The molecule has 1 aliphatic heterocycles. The topological polar surface area (TPSA) is 69.2 Å². The molecule has 0 atom stereocenters. The van der Waals surface area contributed by atoms with Gasteiger partial charge in [0, 0.05) is 5.02 Å². The SMILES string of the molecule is COc1cc(C=C2SC(=Nc3ccc(Cl)cc3)NC2=O)cc(OC)c1OC. The third-order valence-electron chi connectivity index (χ3n) is 3.69. The molecule has 0 unspecified atom stereocenters. The van der Waals surface area contributed by atoms with Gasteiger partial charge in [-0.2, -0.15) is 0 Å². The molecule has 1 heterocycles. The number of halogens is 1. The molecule has 1 saturated heterocycles. The van der Waals surface area contributed by atoms with Crippen LogP contribution in [0.3, 0.4) is 0 Å². The minimum Gasteiger partial charge on any atom is -0.493 e. The van der Waals surface area contributed by atoms with Gasteiger partial charge in [-0.05, 0) is 59.8 Å². The van der Waals surface area contributed by atoms with Gasteiger partial charge in [-0.1, -0.05) is 11.6 Å². The van der Waals surface area contributed by atoms with E-state index in [4.69, 9.17) is 25.8 Å². The van der Waals surface area contributed by atoms with E-state index < -0.39 is 0 Å². The maximum atomic E-state index is 12.3. The number of hydrogen-bond acceptors (Lipinski definition) is 6. The Balaban J connectivity index is 1.89. The lowest BCUT2D eigenvalue weighted by molar-refractivity contribution is -0.115. The van der Waals surface area contributed by atoms with Gasteiger partial charge in [0.25, 0.3) is 5.91 Å². The van der Waals surface area contributed by atoms with Crippen molar-refractivity contribution >= 4 is 46.2 Å². The molecule has 2 aromatic rings. The molecule has 1 fully saturated rings. The lowest BCUT2D eigenvalue weighted by Crippen LogP contribution is -2.19. The molecule has 1 aliphatic rings. The van der Waals surface area contributed by atoms with Gasteiger partial charge in [-0.25, -0.2) is 4.99 Å². The summed E-state index contributed by atoms with van der Waals surface area (Å²) in [4.78, 5) is 17.2. The van der Waals surface area contributed by atoms with E-state index in [9.17, 15) is 4.79 Å². The number of nitrogens with one attached hydrogen (secondary N) is 1. The van der Waals surface area contributed by atoms with Crippen LogP contribution >= 0.6 is 23.4 Å². The fourth-order valence-electron chi connectivity index (χ4n) is 2.45. The molecule has 3 rings (SSSR count). The Morgan fingerprint density at radius 2 is 1.67 bits per heavy atom. The van der Waals surface area contributed by atoms with Crippen molar-refractivity contribution < 1.29 is 19.0 Å². The second-order valence-electron chi connectivity index (χ2n) is 5.42. The first-order chi connectivity index (χ1) is 13.0. The van der Waals surface area contributed by atoms with E-state index in [0.29, 0.717) is 38.0 Å². The molecule has 0 aromatic heterocycles. The van der Waals surface area contributed by atoms with Crippen LogP contribution in [-0.2, 0) is 4.79 Å². The molecule has 1 N–H and O–H groups in total. The first-order valence-electron chi connectivity index (χ1n) is 7.89. The average Bonchev–Trinajstić information content (AvgIpc) is 3.01. The monoisotopic (exact) mass is 404 g/mol. The van der Waals surface area contributed by atoms with E-state index in [1.54, 1.807) is 56.7 Å². The normalized spacial score (nSPS) is 16.5. The number of carbonyl (C=O) groups excluding carboxylic acids is 1. The summed E-state index contributed by atoms with van der Waals surface area (Å²) >= 11 is 7.13. The highest BCUT2D eigenvalue weighted by Crippen LogP contribution is 2.39. The number of methoxy groups -OCH3 is 3. The quantitative estimate of drug-likeness (QED) is 0.754. The molecule has 140 valence electrons. The molecule has 2 aromatic carbocycles. The summed E-state index contributed by atoms with van der Waals surface area (Å²) < 4.78 is 16.0. The smallest absolute Gasteiger partial charge is 0.264 e. The maximum absolute atomic E-state index is 12.3. The zero-order valence-corrected chi connectivity index (χ0v) is 16.5. The number of hydrogen-bond donors (Lipinski definition) is 1. The van der Waals surface area contributed by atoms with E-state index in [-0.39, 0.29) is 5.91 Å². The first kappa shape index (κ1) is 19.1. The van der Waals surface area contributed by atoms with Crippen LogP contribution in [0.2, 0.25) is 5.02 Å². The second kappa shape index (κ2) is 8.37. The van der Waals surface area contributed by atoms with Crippen LogP contribution in [-0.4, -0.2) is 32.4 Å². The summed E-state index contributed by atoms with van der Waals surface area (Å²) in [5, 5.41) is 3.88. The van der Waals surface area contributed by atoms with Crippen molar-refractivity contribution in [2.24, 2.45) is 4.99 Å². The summed E-state index contributed by atoms with van der Waals surface area (Å²) in [6.45, 7) is 0. The number of carbonyl (C=O) groups is 1. The maximum Gasteiger partial charge on any atom is 0.264 e. The molecule has 8 heteroatoms. The summed E-state index contributed by atoms with van der Waals surface area (Å²) in [7, 11) is 4.63. The number of thioether (sulfide) groups is 1. The summed E-state index contributed by atoms with van der Waals surface area (Å²) in [6, 6.07) is 10.6. The molecular weight excluding hydrogens is 388 g/mol. The van der Waals surface area contributed by atoms with Crippen molar-refractivity contribution in [1.29, 1.82) is 0 Å². The number of amides is 1. The van der Waals surface area contributed by atoms with E-state index >= 15 is 0 Å². The van der Waals surface area contributed by atoms with Gasteiger partial charge in [0.2, 0.25) is 5.75 Å². The number of rotatable bonds is 5. The molecule has 0 radical (unpaired) electrons. The van der Waals surface area contributed by atoms with Crippen LogP contribution < -0.4 is 19.5 Å². The summed E-state index contributed by atoms with van der Waals surface area (Å²) in [5.41, 5.74) is 1.45. The van der Waals surface area contributed by atoms with Crippen LogP contribution in [0.15, 0.2) is 46.3 Å². The molecule has 0 aliphatic carbocycles. The van der Waals surface area contributed by atoms with Crippen molar-refractivity contribution in [3.8, 4) is 17.2 Å². The van der Waals surface area contributed by atoms with Gasteiger partial charge in [0.05, 0.1) is 31.9 Å². The zero-order valence-electron chi connectivity index (χ0n) is 14.9. The Morgan fingerprint density at radius 3 is 2.22 bits per heavy atom. The van der Waals surface area contributed by atoms with E-state index in [1.165, 1.54) is 18.9 Å². The highest BCUT2D eigenvalue weighted by Gasteiger charge is 2.24. The van der Waals surface area contributed by atoms with Gasteiger partial charge in [0.1, 0.15) is 0 Å².